The van der Waals surface area contributed by atoms with Crippen molar-refractivity contribution in [2.24, 2.45) is 5.73 Å². The Kier molecular flexibility index (Phi) is 7.55. The van der Waals surface area contributed by atoms with Crippen molar-refractivity contribution < 1.29 is 27.5 Å². The Hall–Kier alpha value is -3.07. The maximum absolute atomic E-state index is 14.3. The number of alkyl halides is 3. The first-order valence-electron chi connectivity index (χ1n) is 12.8. The molecule has 1 aliphatic carbocycles. The van der Waals surface area contributed by atoms with Crippen LogP contribution in [0.3, 0.4) is 0 Å². The predicted molar refractivity (Wildman–Crippen MR) is 136 cm³/mol. The minimum Gasteiger partial charge on any atom is -0.476 e. The number of rotatable bonds is 6. The molecule has 1 saturated carbocycles. The molecule has 200 valence electrons. The zero-order valence-electron chi connectivity index (χ0n) is 21.5. The second kappa shape index (κ2) is 10.4. The van der Waals surface area contributed by atoms with Crippen LogP contribution in [0.4, 0.5) is 18.9 Å². The van der Waals surface area contributed by atoms with E-state index >= 15 is 0 Å². The molecular weight excluding hydrogens is 483 g/mol. The summed E-state index contributed by atoms with van der Waals surface area (Å²) in [5.74, 6) is -1.18. The molecular formula is C28H34F3N3O3. The molecule has 1 heterocycles. The second-order valence-electron chi connectivity index (χ2n) is 10.2. The molecule has 0 bridgehead atoms. The zero-order chi connectivity index (χ0) is 27.0. The quantitative estimate of drug-likeness (QED) is 0.560. The fourth-order valence-electron chi connectivity index (χ4n) is 5.63. The van der Waals surface area contributed by atoms with Crippen LogP contribution in [0, 0.1) is 0 Å². The van der Waals surface area contributed by atoms with E-state index in [1.165, 1.54) is 18.7 Å². The highest BCUT2D eigenvalue weighted by atomic mass is 19.4. The van der Waals surface area contributed by atoms with E-state index in [2.05, 4.69) is 0 Å². The van der Waals surface area contributed by atoms with Gasteiger partial charge in [0.15, 0.2) is 5.60 Å². The SMILES string of the molecule is CCN(C(=O)c1cc2c(cc1C(F)(F)F)OC(C)(C)C(=O)N2CCN)[C@H]1CCCC[C@@H]1c1ccccc1. The lowest BCUT2D eigenvalue weighted by atomic mass is 9.79. The minimum atomic E-state index is -4.79. The summed E-state index contributed by atoms with van der Waals surface area (Å²) >= 11 is 0. The molecule has 0 spiro atoms. The van der Waals surface area contributed by atoms with Crippen LogP contribution < -0.4 is 15.4 Å². The molecule has 0 saturated heterocycles. The summed E-state index contributed by atoms with van der Waals surface area (Å²) in [6.07, 6.45) is -1.33. The van der Waals surface area contributed by atoms with Gasteiger partial charge in [0.2, 0.25) is 0 Å². The van der Waals surface area contributed by atoms with E-state index in [0.29, 0.717) is 6.42 Å². The number of anilines is 1. The topological polar surface area (TPSA) is 75.9 Å². The number of ether oxygens (including phenoxy) is 1. The van der Waals surface area contributed by atoms with Crippen molar-refractivity contribution >= 4 is 17.5 Å². The first-order chi connectivity index (χ1) is 17.5. The van der Waals surface area contributed by atoms with Gasteiger partial charge >= 0.3 is 6.18 Å². The van der Waals surface area contributed by atoms with Gasteiger partial charge in [-0.15, -0.1) is 0 Å². The molecule has 2 atom stereocenters. The molecule has 6 nitrogen and oxygen atoms in total. The number of likely N-dealkylation sites (N-methyl/N-ethyl adjacent to an activating group) is 1. The number of carbonyl (C=O) groups is 2. The lowest BCUT2D eigenvalue weighted by molar-refractivity contribution is -0.138. The summed E-state index contributed by atoms with van der Waals surface area (Å²) in [7, 11) is 0. The van der Waals surface area contributed by atoms with Crippen LogP contribution >= 0.6 is 0 Å². The second-order valence-corrected chi connectivity index (χ2v) is 10.2. The molecule has 1 fully saturated rings. The Bertz CT molecular complexity index is 1150. The van der Waals surface area contributed by atoms with Gasteiger partial charge in [0.1, 0.15) is 5.75 Å². The lowest BCUT2D eigenvalue weighted by Crippen LogP contribution is -2.54. The Morgan fingerprint density at radius 3 is 2.46 bits per heavy atom. The third-order valence-electron chi connectivity index (χ3n) is 7.36. The number of hydrogen-bond acceptors (Lipinski definition) is 4. The molecule has 0 radical (unpaired) electrons. The molecule has 0 unspecified atom stereocenters. The van der Waals surface area contributed by atoms with Crippen LogP contribution in [0.5, 0.6) is 5.75 Å². The van der Waals surface area contributed by atoms with E-state index in [0.717, 1.165) is 37.0 Å². The first kappa shape index (κ1) is 27.0. The standard InChI is InChI=1S/C28H34F3N3O3/c1-4-33(22-13-9-8-12-19(22)18-10-6-5-7-11-18)25(35)20-16-23-24(17-21(20)28(29,30)31)37-27(2,3)26(36)34(23)15-14-32/h5-7,10-11,16-17,19,22H,4,8-9,12-15,32H2,1-3H3/t19-,22+/m1/s1. The molecule has 2 aromatic rings. The maximum Gasteiger partial charge on any atom is 0.417 e. The molecule has 2 N–H and O–H groups in total. The van der Waals surface area contributed by atoms with E-state index in [1.54, 1.807) is 11.8 Å². The fraction of sp³-hybridized carbons (Fsp3) is 0.500. The lowest BCUT2D eigenvalue weighted by Gasteiger charge is -2.41. The van der Waals surface area contributed by atoms with Gasteiger partial charge in [-0.1, -0.05) is 43.2 Å². The first-order valence-corrected chi connectivity index (χ1v) is 12.8. The van der Waals surface area contributed by atoms with Crippen molar-refractivity contribution in [1.82, 2.24) is 4.90 Å². The molecule has 4 rings (SSSR count). The van der Waals surface area contributed by atoms with E-state index in [9.17, 15) is 22.8 Å². The number of benzene rings is 2. The van der Waals surface area contributed by atoms with Crippen LogP contribution in [-0.4, -0.2) is 48.0 Å². The summed E-state index contributed by atoms with van der Waals surface area (Å²) in [6.45, 7) is 5.24. The molecule has 2 aromatic carbocycles. The average Bonchev–Trinajstić information content (AvgIpc) is 2.86. The monoisotopic (exact) mass is 517 g/mol. The van der Waals surface area contributed by atoms with Gasteiger partial charge in [-0.05, 0) is 51.3 Å². The number of nitrogens with zero attached hydrogens (tertiary/aromatic N) is 2. The van der Waals surface area contributed by atoms with Gasteiger partial charge in [-0.3, -0.25) is 9.59 Å². The van der Waals surface area contributed by atoms with Crippen LogP contribution in [0.15, 0.2) is 42.5 Å². The van der Waals surface area contributed by atoms with Crippen molar-refractivity contribution in [2.75, 3.05) is 24.5 Å². The van der Waals surface area contributed by atoms with Crippen LogP contribution in [0.1, 0.15) is 73.9 Å². The largest absolute Gasteiger partial charge is 0.476 e. The van der Waals surface area contributed by atoms with E-state index in [1.807, 2.05) is 30.3 Å². The van der Waals surface area contributed by atoms with Crippen molar-refractivity contribution in [1.29, 1.82) is 0 Å². The van der Waals surface area contributed by atoms with E-state index in [-0.39, 0.29) is 43.0 Å². The van der Waals surface area contributed by atoms with Gasteiger partial charge in [-0.25, -0.2) is 0 Å². The van der Waals surface area contributed by atoms with Crippen molar-refractivity contribution in [3.63, 3.8) is 0 Å². The Labute approximate surface area is 215 Å². The average molecular weight is 518 g/mol. The molecule has 0 aromatic heterocycles. The number of carbonyl (C=O) groups excluding carboxylic acids is 2. The van der Waals surface area contributed by atoms with Crippen molar-refractivity contribution in [3.8, 4) is 5.75 Å². The highest BCUT2D eigenvalue weighted by Crippen LogP contribution is 2.45. The summed E-state index contributed by atoms with van der Waals surface area (Å²) in [5.41, 5.74) is 4.00. The van der Waals surface area contributed by atoms with E-state index in [4.69, 9.17) is 10.5 Å². The summed E-state index contributed by atoms with van der Waals surface area (Å²) in [5, 5.41) is 0. The Balaban J connectivity index is 1.81. The highest BCUT2D eigenvalue weighted by Gasteiger charge is 2.45. The fourth-order valence-corrected chi connectivity index (χ4v) is 5.63. The molecule has 37 heavy (non-hydrogen) atoms. The van der Waals surface area contributed by atoms with Gasteiger partial charge in [-0.2, -0.15) is 13.2 Å². The third-order valence-corrected chi connectivity index (χ3v) is 7.36. The Morgan fingerprint density at radius 2 is 1.84 bits per heavy atom. The summed E-state index contributed by atoms with van der Waals surface area (Å²) in [4.78, 5) is 29.8. The number of nitrogens with two attached hydrogens (primary N) is 1. The van der Waals surface area contributed by atoms with Crippen LogP contribution in [0.2, 0.25) is 0 Å². The third kappa shape index (κ3) is 5.19. The van der Waals surface area contributed by atoms with Gasteiger partial charge < -0.3 is 20.3 Å². The normalized spacial score (nSPS) is 21.3. The predicted octanol–water partition coefficient (Wildman–Crippen LogP) is 5.36. The number of fused-ring (bicyclic) bond motifs is 1. The maximum atomic E-state index is 14.3. The molecule has 2 aliphatic rings. The number of amides is 2. The molecule has 1 aliphatic heterocycles. The minimum absolute atomic E-state index is 0.0327. The Morgan fingerprint density at radius 1 is 1.16 bits per heavy atom. The van der Waals surface area contributed by atoms with Gasteiger partial charge in [0.05, 0.1) is 16.8 Å². The summed E-state index contributed by atoms with van der Waals surface area (Å²) in [6, 6.07) is 11.6. The van der Waals surface area contributed by atoms with E-state index < -0.39 is 34.7 Å². The van der Waals surface area contributed by atoms with Crippen molar-refractivity contribution in [3.05, 3.63) is 59.2 Å². The van der Waals surface area contributed by atoms with Crippen LogP contribution in [-0.2, 0) is 11.0 Å². The highest BCUT2D eigenvalue weighted by molar-refractivity contribution is 6.05. The van der Waals surface area contributed by atoms with Gasteiger partial charge in [0.25, 0.3) is 11.8 Å². The zero-order valence-corrected chi connectivity index (χ0v) is 21.5. The molecule has 9 heteroatoms. The molecule has 2 amide bonds. The number of halogens is 3. The van der Waals surface area contributed by atoms with Crippen LogP contribution in [0.25, 0.3) is 0 Å². The number of hydrogen-bond donors (Lipinski definition) is 1. The summed E-state index contributed by atoms with van der Waals surface area (Å²) < 4.78 is 48.7. The van der Waals surface area contributed by atoms with Crippen molar-refractivity contribution in [2.45, 2.75) is 70.2 Å². The van der Waals surface area contributed by atoms with Gasteiger partial charge in [0, 0.05) is 31.6 Å². The smallest absolute Gasteiger partial charge is 0.417 e.